The summed E-state index contributed by atoms with van der Waals surface area (Å²) >= 11 is 0. The number of benzene rings is 1. The number of amides is 1. The van der Waals surface area contributed by atoms with Gasteiger partial charge in [0.05, 0.1) is 12.8 Å². The highest BCUT2D eigenvalue weighted by Gasteiger charge is 2.21. The molecule has 5 nitrogen and oxygen atoms in total. The molecule has 1 heterocycles. The molecule has 0 aliphatic carbocycles. The van der Waals surface area contributed by atoms with E-state index >= 15 is 0 Å². The highest BCUT2D eigenvalue weighted by Crippen LogP contribution is 2.36. The molecule has 3 N–H and O–H groups in total. The Balaban J connectivity index is 2.44. The highest BCUT2D eigenvalue weighted by molar-refractivity contribution is 5.98. The maximum atomic E-state index is 11.6. The van der Waals surface area contributed by atoms with Crippen molar-refractivity contribution in [3.8, 4) is 5.75 Å². The second-order valence-electron chi connectivity index (χ2n) is 3.93. The number of methoxy groups -OCH3 is 1. The predicted molar refractivity (Wildman–Crippen MR) is 67.5 cm³/mol. The van der Waals surface area contributed by atoms with Crippen LogP contribution in [0.5, 0.6) is 5.75 Å². The molecule has 0 radical (unpaired) electrons. The number of nitrogens with two attached hydrogens (primary N) is 1. The van der Waals surface area contributed by atoms with Gasteiger partial charge in [0.2, 0.25) is 5.91 Å². The third-order valence-electron chi connectivity index (χ3n) is 2.84. The maximum absolute atomic E-state index is 11.6. The lowest BCUT2D eigenvalue weighted by Gasteiger charge is -2.24. The number of rotatable bonds is 3. The van der Waals surface area contributed by atoms with Crippen LogP contribution in [0, 0.1) is 0 Å². The first kappa shape index (κ1) is 11.7. The number of fused-ring (bicyclic) bond motifs is 1. The van der Waals surface area contributed by atoms with Gasteiger partial charge in [-0.15, -0.1) is 0 Å². The Bertz CT molecular complexity index is 420. The Hall–Kier alpha value is -1.75. The summed E-state index contributed by atoms with van der Waals surface area (Å²) in [7, 11) is 1.60. The second kappa shape index (κ2) is 5.05. The van der Waals surface area contributed by atoms with E-state index in [-0.39, 0.29) is 5.91 Å². The first-order valence-corrected chi connectivity index (χ1v) is 5.68. The average Bonchev–Trinajstić information content (AvgIpc) is 2.49. The number of nitrogens with zero attached hydrogens (tertiary/aromatic N) is 1. The van der Waals surface area contributed by atoms with E-state index in [9.17, 15) is 4.79 Å². The predicted octanol–water partition coefficient (Wildman–Crippen LogP) is 0.802. The fourth-order valence-corrected chi connectivity index (χ4v) is 2.03. The van der Waals surface area contributed by atoms with E-state index in [1.165, 1.54) is 0 Å². The number of carbonyl (C=O) groups is 1. The smallest absolute Gasteiger partial charge is 0.226 e. The molecule has 1 aliphatic rings. The standard InChI is InChI=1S/C12H17N3O2/c1-17-10-4-2-3-9-12(10)14-11(16)5-7-15(9)8-6-13/h2-4H,5-8,13H2,1H3,(H,14,16). The van der Waals surface area contributed by atoms with Gasteiger partial charge in [0.25, 0.3) is 0 Å². The van der Waals surface area contributed by atoms with E-state index < -0.39 is 0 Å². The molecule has 0 bridgehead atoms. The van der Waals surface area contributed by atoms with Gasteiger partial charge < -0.3 is 20.7 Å². The Morgan fingerprint density at radius 2 is 2.35 bits per heavy atom. The molecule has 0 saturated carbocycles. The molecule has 17 heavy (non-hydrogen) atoms. The first-order chi connectivity index (χ1) is 8.26. The van der Waals surface area contributed by atoms with Gasteiger partial charge in [0.1, 0.15) is 11.4 Å². The lowest BCUT2D eigenvalue weighted by Crippen LogP contribution is -2.30. The van der Waals surface area contributed by atoms with Crippen LogP contribution < -0.4 is 20.7 Å². The summed E-state index contributed by atoms with van der Waals surface area (Å²) in [6.07, 6.45) is 0.470. The number of hydrogen-bond donors (Lipinski definition) is 2. The average molecular weight is 235 g/mol. The Kier molecular flexibility index (Phi) is 3.49. The normalized spacial score (nSPS) is 14.9. The zero-order chi connectivity index (χ0) is 12.3. The number of carbonyl (C=O) groups excluding carboxylic acids is 1. The molecule has 92 valence electrons. The summed E-state index contributed by atoms with van der Waals surface area (Å²) < 4.78 is 5.27. The number of ether oxygens (including phenoxy) is 1. The van der Waals surface area contributed by atoms with E-state index in [1.807, 2.05) is 18.2 Å². The van der Waals surface area contributed by atoms with Crippen LogP contribution >= 0.6 is 0 Å². The molecule has 1 aromatic carbocycles. The van der Waals surface area contributed by atoms with Crippen LogP contribution in [-0.4, -0.2) is 32.7 Å². The van der Waals surface area contributed by atoms with Gasteiger partial charge in [-0.1, -0.05) is 6.07 Å². The Morgan fingerprint density at radius 1 is 1.53 bits per heavy atom. The van der Waals surface area contributed by atoms with Gasteiger partial charge in [0.15, 0.2) is 0 Å². The van der Waals surface area contributed by atoms with Crippen molar-refractivity contribution in [2.24, 2.45) is 5.73 Å². The molecule has 0 fully saturated rings. The van der Waals surface area contributed by atoms with Gasteiger partial charge >= 0.3 is 0 Å². The SMILES string of the molecule is COc1cccc2c1NC(=O)CCN2CCN. The van der Waals surface area contributed by atoms with Crippen LogP contribution in [0.2, 0.25) is 0 Å². The van der Waals surface area contributed by atoms with Gasteiger partial charge in [0, 0.05) is 26.1 Å². The number of anilines is 2. The van der Waals surface area contributed by atoms with E-state index in [0.29, 0.717) is 25.3 Å². The van der Waals surface area contributed by atoms with Crippen molar-refractivity contribution in [2.75, 3.05) is 37.0 Å². The summed E-state index contributed by atoms with van der Waals surface area (Å²) in [5.74, 6) is 0.690. The van der Waals surface area contributed by atoms with Crippen molar-refractivity contribution in [2.45, 2.75) is 6.42 Å². The third-order valence-corrected chi connectivity index (χ3v) is 2.84. The third kappa shape index (κ3) is 2.34. The number of nitrogens with one attached hydrogen (secondary N) is 1. The quantitative estimate of drug-likeness (QED) is 0.813. The minimum Gasteiger partial charge on any atom is -0.494 e. The van der Waals surface area contributed by atoms with Crippen molar-refractivity contribution < 1.29 is 9.53 Å². The van der Waals surface area contributed by atoms with E-state index in [1.54, 1.807) is 7.11 Å². The van der Waals surface area contributed by atoms with Crippen LogP contribution in [0.3, 0.4) is 0 Å². The van der Waals surface area contributed by atoms with Crippen molar-refractivity contribution in [3.63, 3.8) is 0 Å². The number of hydrogen-bond acceptors (Lipinski definition) is 4. The van der Waals surface area contributed by atoms with Crippen molar-refractivity contribution in [3.05, 3.63) is 18.2 Å². The summed E-state index contributed by atoms with van der Waals surface area (Å²) in [5, 5.41) is 2.88. The first-order valence-electron chi connectivity index (χ1n) is 5.68. The minimum absolute atomic E-state index is 0.00951. The molecule has 0 spiro atoms. The molecule has 1 aliphatic heterocycles. The molecule has 2 rings (SSSR count). The molecular weight excluding hydrogens is 218 g/mol. The lowest BCUT2D eigenvalue weighted by molar-refractivity contribution is -0.115. The molecule has 5 heteroatoms. The molecule has 1 aromatic rings. The fourth-order valence-electron chi connectivity index (χ4n) is 2.03. The Labute approximate surface area is 101 Å². The molecular formula is C12H17N3O2. The van der Waals surface area contributed by atoms with E-state index in [2.05, 4.69) is 10.2 Å². The zero-order valence-corrected chi connectivity index (χ0v) is 9.90. The zero-order valence-electron chi connectivity index (χ0n) is 9.90. The van der Waals surface area contributed by atoms with Crippen molar-refractivity contribution in [1.82, 2.24) is 0 Å². The maximum Gasteiger partial charge on any atom is 0.226 e. The van der Waals surface area contributed by atoms with Gasteiger partial charge in [-0.05, 0) is 12.1 Å². The summed E-state index contributed by atoms with van der Waals surface area (Å²) in [5.41, 5.74) is 7.31. The van der Waals surface area contributed by atoms with Crippen LogP contribution in [0.25, 0.3) is 0 Å². The van der Waals surface area contributed by atoms with Crippen LogP contribution in [0.4, 0.5) is 11.4 Å². The summed E-state index contributed by atoms with van der Waals surface area (Å²) in [6.45, 7) is 1.98. The highest BCUT2D eigenvalue weighted by atomic mass is 16.5. The van der Waals surface area contributed by atoms with E-state index in [0.717, 1.165) is 17.9 Å². The summed E-state index contributed by atoms with van der Waals surface area (Å²) in [4.78, 5) is 13.7. The molecule has 0 atom stereocenters. The lowest BCUT2D eigenvalue weighted by atomic mass is 10.2. The van der Waals surface area contributed by atoms with Gasteiger partial charge in [-0.3, -0.25) is 4.79 Å². The van der Waals surface area contributed by atoms with Gasteiger partial charge in [-0.25, -0.2) is 0 Å². The summed E-state index contributed by atoms with van der Waals surface area (Å²) in [6, 6.07) is 5.73. The van der Waals surface area contributed by atoms with Gasteiger partial charge in [-0.2, -0.15) is 0 Å². The van der Waals surface area contributed by atoms with Crippen LogP contribution in [0.1, 0.15) is 6.42 Å². The number of para-hydroxylation sites is 1. The van der Waals surface area contributed by atoms with Crippen molar-refractivity contribution in [1.29, 1.82) is 0 Å². The molecule has 0 aromatic heterocycles. The molecule has 0 saturated heterocycles. The monoisotopic (exact) mass is 235 g/mol. The van der Waals surface area contributed by atoms with Crippen LogP contribution in [0.15, 0.2) is 18.2 Å². The Morgan fingerprint density at radius 3 is 3.06 bits per heavy atom. The minimum atomic E-state index is 0.00951. The van der Waals surface area contributed by atoms with E-state index in [4.69, 9.17) is 10.5 Å². The second-order valence-corrected chi connectivity index (χ2v) is 3.93. The topological polar surface area (TPSA) is 67.6 Å². The largest absolute Gasteiger partial charge is 0.494 e. The molecule has 1 amide bonds. The fraction of sp³-hybridized carbons (Fsp3) is 0.417. The van der Waals surface area contributed by atoms with Crippen molar-refractivity contribution >= 4 is 17.3 Å². The molecule has 0 unspecified atom stereocenters. The van der Waals surface area contributed by atoms with Crippen LogP contribution in [-0.2, 0) is 4.79 Å².